The van der Waals surface area contributed by atoms with Crippen LogP contribution in [0.25, 0.3) is 0 Å². The molecule has 0 radical (unpaired) electrons. The molecule has 3 aromatic rings. The Bertz CT molecular complexity index is 1070. The van der Waals surface area contributed by atoms with Crippen LogP contribution in [0.2, 0.25) is 0 Å². The van der Waals surface area contributed by atoms with Gasteiger partial charge in [0.2, 0.25) is 5.89 Å². The second kappa shape index (κ2) is 7.89. The van der Waals surface area contributed by atoms with Crippen LogP contribution in [-0.4, -0.2) is 45.1 Å². The van der Waals surface area contributed by atoms with E-state index in [0.29, 0.717) is 23.2 Å². The highest BCUT2D eigenvalue weighted by Crippen LogP contribution is 2.50. The van der Waals surface area contributed by atoms with Crippen LogP contribution < -0.4 is 5.32 Å². The molecule has 0 bridgehead atoms. The van der Waals surface area contributed by atoms with Gasteiger partial charge >= 0.3 is 0 Å². The third-order valence-electron chi connectivity index (χ3n) is 6.66. The average molecular weight is 418 g/mol. The van der Waals surface area contributed by atoms with Crippen molar-refractivity contribution in [3.05, 3.63) is 77.2 Å². The Labute approximate surface area is 181 Å². The normalized spacial score (nSPS) is 25.5. The van der Waals surface area contributed by atoms with E-state index in [9.17, 15) is 4.79 Å². The summed E-state index contributed by atoms with van der Waals surface area (Å²) in [6.07, 6.45) is 3.34. The van der Waals surface area contributed by atoms with Gasteiger partial charge in [0, 0.05) is 37.6 Å². The highest BCUT2D eigenvalue weighted by atomic mass is 16.5. The van der Waals surface area contributed by atoms with Crippen LogP contribution >= 0.6 is 0 Å². The predicted molar refractivity (Wildman–Crippen MR) is 115 cm³/mol. The summed E-state index contributed by atoms with van der Waals surface area (Å²) in [7, 11) is 0. The van der Waals surface area contributed by atoms with E-state index in [2.05, 4.69) is 49.6 Å². The standard InChI is InChI=1S/C24H27N5O2/c1-16-8-9-19(12-25-16)22(30)27-21-10-20-14-29(13-18-6-4-3-5-7-18)15-24(20,11-21)23-26-17(2)28-31-23/h3-9,12,20-21H,10-11,13-15H2,1-2H3,(H,27,30). The predicted octanol–water partition coefficient (Wildman–Crippen LogP) is 3.04. The smallest absolute Gasteiger partial charge is 0.253 e. The van der Waals surface area contributed by atoms with Crippen LogP contribution in [0.3, 0.4) is 0 Å². The Balaban J connectivity index is 1.34. The quantitative estimate of drug-likeness (QED) is 0.687. The SMILES string of the molecule is Cc1ccc(C(=O)NC2CC3CN(Cc4ccccc4)CC3(c3nc(C)no3)C2)cn1. The number of hydrogen-bond donors (Lipinski definition) is 1. The highest BCUT2D eigenvalue weighted by molar-refractivity contribution is 5.94. The molecule has 2 aliphatic rings. The monoisotopic (exact) mass is 417 g/mol. The molecule has 3 unspecified atom stereocenters. The van der Waals surface area contributed by atoms with Crippen molar-refractivity contribution in [1.82, 2.24) is 25.3 Å². The molecule has 160 valence electrons. The Hall–Kier alpha value is -3.06. The topological polar surface area (TPSA) is 84.2 Å². The van der Waals surface area contributed by atoms with Gasteiger partial charge < -0.3 is 9.84 Å². The molecule has 1 amide bonds. The number of aryl methyl sites for hydroxylation is 2. The van der Waals surface area contributed by atoms with E-state index in [1.54, 1.807) is 6.20 Å². The van der Waals surface area contributed by atoms with Crippen molar-refractivity contribution in [2.75, 3.05) is 13.1 Å². The van der Waals surface area contributed by atoms with Gasteiger partial charge in [-0.2, -0.15) is 4.98 Å². The fourth-order valence-electron chi connectivity index (χ4n) is 5.25. The fourth-order valence-corrected chi connectivity index (χ4v) is 5.25. The summed E-state index contributed by atoms with van der Waals surface area (Å²) in [4.78, 5) is 24.1. The van der Waals surface area contributed by atoms with Gasteiger partial charge in [0.05, 0.1) is 11.0 Å². The molecule has 0 spiro atoms. The van der Waals surface area contributed by atoms with Crippen molar-refractivity contribution in [2.24, 2.45) is 5.92 Å². The average Bonchev–Trinajstić information content (AvgIpc) is 3.42. The molecule has 31 heavy (non-hydrogen) atoms. The van der Waals surface area contributed by atoms with Crippen LogP contribution in [0.4, 0.5) is 0 Å². The summed E-state index contributed by atoms with van der Waals surface area (Å²) in [5, 5.41) is 7.29. The van der Waals surface area contributed by atoms with Gasteiger partial charge in [-0.25, -0.2) is 0 Å². The van der Waals surface area contributed by atoms with E-state index < -0.39 is 0 Å². The Kier molecular flexibility index (Phi) is 5.06. The largest absolute Gasteiger partial charge is 0.349 e. The van der Waals surface area contributed by atoms with Crippen LogP contribution in [0.15, 0.2) is 53.2 Å². The maximum absolute atomic E-state index is 12.8. The lowest BCUT2D eigenvalue weighted by Gasteiger charge is -2.25. The number of pyridine rings is 1. The Morgan fingerprint density at radius 3 is 2.77 bits per heavy atom. The van der Waals surface area contributed by atoms with E-state index in [-0.39, 0.29) is 17.4 Å². The molecular formula is C24H27N5O2. The van der Waals surface area contributed by atoms with Gasteiger partial charge in [0.25, 0.3) is 5.91 Å². The summed E-state index contributed by atoms with van der Waals surface area (Å²) in [6, 6.07) is 14.3. The molecule has 2 aromatic heterocycles. The van der Waals surface area contributed by atoms with Crippen molar-refractivity contribution >= 4 is 5.91 Å². The molecule has 3 atom stereocenters. The van der Waals surface area contributed by atoms with Crippen LogP contribution in [0.5, 0.6) is 0 Å². The molecule has 7 heteroatoms. The van der Waals surface area contributed by atoms with Crippen LogP contribution in [0, 0.1) is 19.8 Å². The number of amides is 1. The van der Waals surface area contributed by atoms with Gasteiger partial charge in [0.1, 0.15) is 0 Å². The molecule has 1 saturated heterocycles. The van der Waals surface area contributed by atoms with Gasteiger partial charge in [0.15, 0.2) is 5.82 Å². The van der Waals surface area contributed by atoms with E-state index in [1.807, 2.05) is 32.0 Å². The van der Waals surface area contributed by atoms with Crippen molar-refractivity contribution < 1.29 is 9.32 Å². The molecule has 7 nitrogen and oxygen atoms in total. The minimum atomic E-state index is -0.223. The number of benzene rings is 1. The zero-order valence-electron chi connectivity index (χ0n) is 17.9. The number of nitrogens with one attached hydrogen (secondary N) is 1. The minimum Gasteiger partial charge on any atom is -0.349 e. The van der Waals surface area contributed by atoms with Crippen molar-refractivity contribution in [3.63, 3.8) is 0 Å². The summed E-state index contributed by atoms with van der Waals surface area (Å²) in [5.74, 6) is 1.65. The molecule has 5 rings (SSSR count). The van der Waals surface area contributed by atoms with E-state index in [1.165, 1.54) is 5.56 Å². The molecule has 2 fully saturated rings. The van der Waals surface area contributed by atoms with Crippen molar-refractivity contribution in [3.8, 4) is 0 Å². The molecule has 1 saturated carbocycles. The van der Waals surface area contributed by atoms with E-state index >= 15 is 0 Å². The number of carbonyl (C=O) groups excluding carboxylic acids is 1. The molecule has 1 aromatic carbocycles. The first-order valence-electron chi connectivity index (χ1n) is 10.8. The van der Waals surface area contributed by atoms with Crippen molar-refractivity contribution in [1.29, 1.82) is 0 Å². The highest BCUT2D eigenvalue weighted by Gasteiger charge is 2.57. The maximum atomic E-state index is 12.8. The zero-order valence-corrected chi connectivity index (χ0v) is 17.9. The van der Waals surface area contributed by atoms with E-state index in [0.717, 1.165) is 38.2 Å². The van der Waals surface area contributed by atoms with Gasteiger partial charge in [-0.3, -0.25) is 14.7 Å². The van der Waals surface area contributed by atoms with Gasteiger partial charge in [-0.15, -0.1) is 0 Å². The van der Waals surface area contributed by atoms with Gasteiger partial charge in [-0.05, 0) is 50.3 Å². The number of aromatic nitrogens is 3. The number of hydrogen-bond acceptors (Lipinski definition) is 6. The molecule has 1 aliphatic heterocycles. The fraction of sp³-hybridized carbons (Fsp3) is 0.417. The first-order valence-corrected chi connectivity index (χ1v) is 10.8. The molecular weight excluding hydrogens is 390 g/mol. The summed E-state index contributed by atoms with van der Waals surface area (Å²) in [5.41, 5.74) is 2.57. The number of carbonyl (C=O) groups is 1. The lowest BCUT2D eigenvalue weighted by molar-refractivity contribution is 0.0933. The summed E-state index contributed by atoms with van der Waals surface area (Å²) in [6.45, 7) is 6.48. The van der Waals surface area contributed by atoms with Crippen LogP contribution in [0.1, 0.15) is 46.2 Å². The number of likely N-dealkylation sites (tertiary alicyclic amines) is 1. The molecule has 1 N–H and O–H groups in total. The number of rotatable bonds is 5. The number of nitrogens with zero attached hydrogens (tertiary/aromatic N) is 4. The third-order valence-corrected chi connectivity index (χ3v) is 6.66. The second-order valence-corrected chi connectivity index (χ2v) is 8.95. The third kappa shape index (κ3) is 3.85. The Morgan fingerprint density at radius 1 is 1.23 bits per heavy atom. The van der Waals surface area contributed by atoms with Crippen LogP contribution in [-0.2, 0) is 12.0 Å². The van der Waals surface area contributed by atoms with Crippen molar-refractivity contribution in [2.45, 2.75) is 44.7 Å². The lowest BCUT2D eigenvalue weighted by Crippen LogP contribution is -2.38. The molecule has 3 heterocycles. The van der Waals surface area contributed by atoms with E-state index in [4.69, 9.17) is 4.52 Å². The minimum absolute atomic E-state index is 0.0736. The first kappa shape index (κ1) is 19.9. The molecule has 1 aliphatic carbocycles. The van der Waals surface area contributed by atoms with Gasteiger partial charge in [-0.1, -0.05) is 35.5 Å². The summed E-state index contributed by atoms with van der Waals surface area (Å²) < 4.78 is 5.69. The lowest BCUT2D eigenvalue weighted by atomic mass is 9.80. The summed E-state index contributed by atoms with van der Waals surface area (Å²) >= 11 is 0. The second-order valence-electron chi connectivity index (χ2n) is 8.95. The first-order chi connectivity index (χ1) is 15.0. The zero-order chi connectivity index (χ0) is 21.4. The Morgan fingerprint density at radius 2 is 2.06 bits per heavy atom. The number of fused-ring (bicyclic) bond motifs is 1. The maximum Gasteiger partial charge on any atom is 0.253 e.